The van der Waals surface area contributed by atoms with Gasteiger partial charge in [-0.2, -0.15) is 0 Å². The third-order valence-electron chi connectivity index (χ3n) is 12.8. The van der Waals surface area contributed by atoms with Crippen molar-refractivity contribution in [3.05, 3.63) is 47.5 Å². The number of anilines is 2. The Labute approximate surface area is 365 Å². The van der Waals surface area contributed by atoms with E-state index in [4.69, 9.17) is 16.3 Å². The lowest BCUT2D eigenvalue weighted by Crippen LogP contribution is -2.55. The van der Waals surface area contributed by atoms with Crippen LogP contribution in [-0.2, 0) is 33.5 Å². The Morgan fingerprint density at radius 3 is 2.12 bits per heavy atom. The van der Waals surface area contributed by atoms with Crippen LogP contribution < -0.4 is 25.8 Å². The van der Waals surface area contributed by atoms with E-state index in [1.807, 2.05) is 30.3 Å². The number of amides is 6. The molecule has 6 amide bonds. The molecule has 322 valence electrons. The molecule has 2 aromatic carbocycles. The summed E-state index contributed by atoms with van der Waals surface area (Å²) in [6.45, 7) is 1.32. The maximum Gasteiger partial charge on any atom is 0.250 e. The highest BCUT2D eigenvalue weighted by Crippen LogP contribution is 2.44. The molecule has 0 aromatic heterocycles. The molecule has 0 spiro atoms. The van der Waals surface area contributed by atoms with E-state index in [0.717, 1.165) is 69.1 Å². The van der Waals surface area contributed by atoms with E-state index in [-0.39, 0.29) is 66.9 Å². The van der Waals surface area contributed by atoms with Gasteiger partial charge >= 0.3 is 0 Å². The summed E-state index contributed by atoms with van der Waals surface area (Å²) in [6.07, 6.45) is 12.4. The fourth-order valence-electron chi connectivity index (χ4n) is 9.76. The third-order valence-corrected chi connectivity index (χ3v) is 15.6. The first kappa shape index (κ1) is 42.9. The van der Waals surface area contributed by atoms with Crippen molar-refractivity contribution in [1.29, 1.82) is 0 Å². The molecular weight excluding hydrogens is 824 g/mol. The van der Waals surface area contributed by atoms with Gasteiger partial charge in [-0.05, 0) is 94.4 Å². The van der Waals surface area contributed by atoms with Gasteiger partial charge in [-0.25, -0.2) is 0 Å². The van der Waals surface area contributed by atoms with Crippen LogP contribution in [0.1, 0.15) is 89.9 Å². The summed E-state index contributed by atoms with van der Waals surface area (Å²) < 4.78 is 6.30. The standard InChI is InChI=1S/C44H55ClN6O7S2/c45-31-15-10-18-35-38(31)51(44(57)40(60-35)42(55)49-20-7-2-8-21-49)26-37(53)47-29-14-9-11-27(23-29)33-24-30(19-22-58-33)48-41(54)39-43(56)50(32-16-5-6-17-34(32)59-39)25-36(52)46-28-12-3-1-4-13-28/h5-6,10,15-18,27-30,33,39-40H,1-4,7-9,11-14,19-26H2,(H,46,52)(H,47,53)(H,48,54). The summed E-state index contributed by atoms with van der Waals surface area (Å²) in [5, 5.41) is 7.80. The van der Waals surface area contributed by atoms with Gasteiger partial charge in [0.1, 0.15) is 13.1 Å². The van der Waals surface area contributed by atoms with E-state index in [9.17, 15) is 28.8 Å². The molecule has 2 saturated heterocycles. The molecule has 6 aliphatic rings. The van der Waals surface area contributed by atoms with Crippen LogP contribution in [0.3, 0.4) is 0 Å². The Morgan fingerprint density at radius 1 is 0.667 bits per heavy atom. The van der Waals surface area contributed by atoms with Gasteiger partial charge in [-0.3, -0.25) is 33.7 Å². The fraction of sp³-hybridized carbons (Fsp3) is 0.591. The summed E-state index contributed by atoms with van der Waals surface area (Å²) in [7, 11) is 0. The van der Waals surface area contributed by atoms with Gasteiger partial charge in [-0.1, -0.05) is 55.5 Å². The van der Waals surface area contributed by atoms with Gasteiger partial charge in [0.25, 0.3) is 11.8 Å². The molecular formula is C44H55ClN6O7S2. The molecule has 8 rings (SSSR count). The molecule has 4 aliphatic heterocycles. The van der Waals surface area contributed by atoms with Gasteiger partial charge in [0.15, 0.2) is 10.5 Å². The Hall–Kier alpha value is -3.79. The molecule has 60 heavy (non-hydrogen) atoms. The third kappa shape index (κ3) is 9.79. The highest BCUT2D eigenvalue weighted by Gasteiger charge is 2.44. The molecule has 2 aliphatic carbocycles. The van der Waals surface area contributed by atoms with Gasteiger partial charge in [-0.15, -0.1) is 23.5 Å². The highest BCUT2D eigenvalue weighted by molar-refractivity contribution is 8.02. The maximum absolute atomic E-state index is 14.0. The maximum atomic E-state index is 14.0. The molecule has 13 nitrogen and oxygen atoms in total. The number of hydrogen-bond donors (Lipinski definition) is 3. The number of thioether (sulfide) groups is 2. The number of fused-ring (bicyclic) bond motifs is 2. The summed E-state index contributed by atoms with van der Waals surface area (Å²) in [5.41, 5.74) is 1.10. The normalized spacial score (nSPS) is 27.4. The zero-order valence-corrected chi connectivity index (χ0v) is 36.3. The first-order valence-electron chi connectivity index (χ1n) is 21.8. The second-order valence-electron chi connectivity index (χ2n) is 17.0. The fourth-order valence-corrected chi connectivity index (χ4v) is 12.4. The Morgan fingerprint density at radius 2 is 1.32 bits per heavy atom. The quantitative estimate of drug-likeness (QED) is 0.264. The minimum absolute atomic E-state index is 0.115. The molecule has 16 heteroatoms. The lowest BCUT2D eigenvalue weighted by Gasteiger charge is -2.40. The smallest absolute Gasteiger partial charge is 0.250 e. The van der Waals surface area contributed by atoms with E-state index in [0.29, 0.717) is 60.3 Å². The topological polar surface area (TPSA) is 157 Å². The summed E-state index contributed by atoms with van der Waals surface area (Å²) in [4.78, 5) is 88.3. The lowest BCUT2D eigenvalue weighted by atomic mass is 9.79. The van der Waals surface area contributed by atoms with Crippen molar-refractivity contribution in [3.63, 3.8) is 0 Å². The lowest BCUT2D eigenvalue weighted by molar-refractivity contribution is -0.136. The second-order valence-corrected chi connectivity index (χ2v) is 19.7. The first-order valence-corrected chi connectivity index (χ1v) is 23.9. The second kappa shape index (κ2) is 19.5. The van der Waals surface area contributed by atoms with Crippen LogP contribution in [0, 0.1) is 5.92 Å². The number of piperidine rings is 1. The van der Waals surface area contributed by atoms with E-state index < -0.39 is 22.3 Å². The number of carbonyl (C=O) groups is 6. The number of hydrogen-bond acceptors (Lipinski definition) is 9. The minimum atomic E-state index is -1.02. The van der Waals surface area contributed by atoms with Crippen molar-refractivity contribution < 1.29 is 33.5 Å². The van der Waals surface area contributed by atoms with Crippen LogP contribution in [0.5, 0.6) is 0 Å². The Balaban J connectivity index is 0.865. The van der Waals surface area contributed by atoms with Crippen LogP contribution in [0.25, 0.3) is 0 Å². The van der Waals surface area contributed by atoms with E-state index in [1.54, 1.807) is 17.0 Å². The number of nitrogens with zero attached hydrogens (tertiary/aromatic N) is 3. The summed E-state index contributed by atoms with van der Waals surface area (Å²) in [6, 6.07) is 12.5. The number of halogens is 1. The van der Waals surface area contributed by atoms with E-state index in [1.165, 1.54) is 39.7 Å². The predicted molar refractivity (Wildman–Crippen MR) is 232 cm³/mol. The molecule has 2 saturated carbocycles. The average Bonchev–Trinajstić information content (AvgIpc) is 3.26. The molecule has 0 radical (unpaired) electrons. The van der Waals surface area contributed by atoms with Crippen LogP contribution in [-0.4, -0.2) is 108 Å². The molecule has 4 fully saturated rings. The first-order chi connectivity index (χ1) is 29.1. The van der Waals surface area contributed by atoms with Crippen LogP contribution in [0.2, 0.25) is 5.02 Å². The summed E-state index contributed by atoms with van der Waals surface area (Å²) >= 11 is 9.05. The zero-order chi connectivity index (χ0) is 41.8. The average molecular weight is 880 g/mol. The Kier molecular flexibility index (Phi) is 13.9. The van der Waals surface area contributed by atoms with Crippen molar-refractivity contribution in [3.8, 4) is 0 Å². The number of rotatable bonds is 10. The zero-order valence-electron chi connectivity index (χ0n) is 33.9. The van der Waals surface area contributed by atoms with E-state index in [2.05, 4.69) is 16.0 Å². The highest BCUT2D eigenvalue weighted by atomic mass is 35.5. The largest absolute Gasteiger partial charge is 0.378 e. The number of ether oxygens (including phenoxy) is 1. The van der Waals surface area contributed by atoms with Gasteiger partial charge in [0.05, 0.1) is 22.5 Å². The van der Waals surface area contributed by atoms with E-state index >= 15 is 0 Å². The number of nitrogens with one attached hydrogen (secondary N) is 3. The van der Waals surface area contributed by atoms with Gasteiger partial charge < -0.3 is 30.5 Å². The molecule has 6 unspecified atom stereocenters. The number of benzene rings is 2. The van der Waals surface area contributed by atoms with Crippen LogP contribution >= 0.6 is 35.1 Å². The molecule has 2 aromatic rings. The van der Waals surface area contributed by atoms with Crippen molar-refractivity contribution in [2.45, 2.75) is 134 Å². The summed E-state index contributed by atoms with van der Waals surface area (Å²) in [5.74, 6) is -1.82. The molecule has 6 atom stereocenters. The van der Waals surface area contributed by atoms with Crippen molar-refractivity contribution in [1.82, 2.24) is 20.9 Å². The van der Waals surface area contributed by atoms with Crippen LogP contribution in [0.4, 0.5) is 11.4 Å². The van der Waals surface area contributed by atoms with Crippen molar-refractivity contribution in [2.75, 3.05) is 42.6 Å². The predicted octanol–water partition coefficient (Wildman–Crippen LogP) is 5.46. The monoisotopic (exact) mass is 878 g/mol. The van der Waals surface area contributed by atoms with Gasteiger partial charge in [0, 0.05) is 47.6 Å². The van der Waals surface area contributed by atoms with Crippen molar-refractivity contribution in [2.24, 2.45) is 5.92 Å². The van der Waals surface area contributed by atoms with Crippen LogP contribution in [0.15, 0.2) is 52.3 Å². The van der Waals surface area contributed by atoms with Crippen molar-refractivity contribution >= 4 is 81.9 Å². The number of carbonyl (C=O) groups excluding carboxylic acids is 6. The molecule has 4 heterocycles. The minimum Gasteiger partial charge on any atom is -0.378 e. The molecule has 3 N–H and O–H groups in total. The molecule has 0 bridgehead atoms. The SMILES string of the molecule is O=C(CN1C(=O)C(C(=O)NC2CCOC(C3CCCC(NC(=O)CN4C(=O)C(C(=O)N5CCCCC5)Sc5cccc(Cl)c54)C3)C2)Sc2ccccc21)NC1CCCCC1. The number of likely N-dealkylation sites (tertiary alicyclic amines) is 1. The number of para-hydroxylation sites is 2. The van der Waals surface area contributed by atoms with Gasteiger partial charge in [0.2, 0.25) is 23.6 Å². The Bertz CT molecular complexity index is 1960.